The van der Waals surface area contributed by atoms with Crippen molar-refractivity contribution >= 4 is 23.2 Å². The maximum atomic E-state index is 13.8. The molecule has 0 unspecified atom stereocenters. The van der Waals surface area contributed by atoms with E-state index in [0.29, 0.717) is 35.0 Å². The Balaban J connectivity index is 1.69. The topological polar surface area (TPSA) is 58.6 Å². The first-order chi connectivity index (χ1) is 13.6. The van der Waals surface area contributed by atoms with Crippen LogP contribution in [-0.4, -0.2) is 18.4 Å². The highest BCUT2D eigenvalue weighted by Gasteiger charge is 2.27. The van der Waals surface area contributed by atoms with E-state index in [1.807, 2.05) is 25.1 Å². The lowest BCUT2D eigenvalue weighted by atomic mass is 10.1. The summed E-state index contributed by atoms with van der Waals surface area (Å²) in [5.74, 6) is -0.446. The molecule has 6 heteroatoms. The number of anilines is 2. The van der Waals surface area contributed by atoms with Crippen LogP contribution in [-0.2, 0) is 0 Å². The lowest BCUT2D eigenvalue weighted by Crippen LogP contribution is -2.29. The molecule has 3 aromatic rings. The predicted octanol–water partition coefficient (Wildman–Crippen LogP) is 4.85. The summed E-state index contributed by atoms with van der Waals surface area (Å²) in [6.07, 6.45) is 0. The van der Waals surface area contributed by atoms with Crippen LogP contribution >= 0.6 is 0 Å². The molecule has 0 bridgehead atoms. The van der Waals surface area contributed by atoms with Gasteiger partial charge in [0.2, 0.25) is 0 Å². The SMILES string of the molecule is CCN1C(=O)c2cc(NC(=O)c3ccccc3F)ccc2Oc2ccccc21. The van der Waals surface area contributed by atoms with Gasteiger partial charge in [0, 0.05) is 12.2 Å². The molecule has 0 saturated carbocycles. The van der Waals surface area contributed by atoms with Crippen molar-refractivity contribution in [2.45, 2.75) is 6.92 Å². The highest BCUT2D eigenvalue weighted by Crippen LogP contribution is 2.39. The molecule has 0 spiro atoms. The number of carbonyl (C=O) groups is 2. The van der Waals surface area contributed by atoms with Gasteiger partial charge in [-0.2, -0.15) is 0 Å². The smallest absolute Gasteiger partial charge is 0.262 e. The number of nitrogens with one attached hydrogen (secondary N) is 1. The summed E-state index contributed by atoms with van der Waals surface area (Å²) < 4.78 is 19.8. The molecule has 28 heavy (non-hydrogen) atoms. The molecule has 1 heterocycles. The number of nitrogens with zero attached hydrogens (tertiary/aromatic N) is 1. The van der Waals surface area contributed by atoms with Gasteiger partial charge in [-0.05, 0) is 49.4 Å². The van der Waals surface area contributed by atoms with Crippen LogP contribution in [0.5, 0.6) is 11.5 Å². The van der Waals surface area contributed by atoms with Crippen LogP contribution in [0, 0.1) is 5.82 Å². The number of hydrogen-bond acceptors (Lipinski definition) is 3. The van der Waals surface area contributed by atoms with E-state index in [1.165, 1.54) is 18.2 Å². The standard InChI is InChI=1S/C22H17FN2O3/c1-2-25-18-9-5-6-10-20(18)28-19-12-11-14(13-16(19)22(25)27)24-21(26)15-7-3-4-8-17(15)23/h3-13H,2H2,1H3,(H,24,26). The summed E-state index contributed by atoms with van der Waals surface area (Å²) in [5.41, 5.74) is 1.32. The largest absolute Gasteiger partial charge is 0.454 e. The van der Waals surface area contributed by atoms with Gasteiger partial charge in [-0.1, -0.05) is 24.3 Å². The maximum absolute atomic E-state index is 13.8. The fourth-order valence-electron chi connectivity index (χ4n) is 3.16. The molecule has 1 aliphatic heterocycles. The lowest BCUT2D eigenvalue weighted by Gasteiger charge is -2.19. The maximum Gasteiger partial charge on any atom is 0.262 e. The van der Waals surface area contributed by atoms with Crippen molar-refractivity contribution in [3.05, 3.63) is 83.7 Å². The number of para-hydroxylation sites is 2. The summed E-state index contributed by atoms with van der Waals surface area (Å²) in [6.45, 7) is 2.34. The quantitative estimate of drug-likeness (QED) is 0.711. The molecule has 1 aliphatic rings. The normalized spacial score (nSPS) is 12.5. The Kier molecular flexibility index (Phi) is 4.53. The van der Waals surface area contributed by atoms with E-state index < -0.39 is 11.7 Å². The Bertz CT molecular complexity index is 1080. The van der Waals surface area contributed by atoms with Gasteiger partial charge in [-0.3, -0.25) is 9.59 Å². The Labute approximate surface area is 161 Å². The molecule has 0 fully saturated rings. The van der Waals surface area contributed by atoms with Gasteiger partial charge < -0.3 is 15.0 Å². The Hall–Kier alpha value is -3.67. The number of amides is 2. The Morgan fingerprint density at radius 1 is 1.04 bits per heavy atom. The molecule has 3 aromatic carbocycles. The van der Waals surface area contributed by atoms with E-state index in [2.05, 4.69) is 5.32 Å². The van der Waals surface area contributed by atoms with Crippen LogP contribution in [0.3, 0.4) is 0 Å². The van der Waals surface area contributed by atoms with E-state index in [4.69, 9.17) is 4.74 Å². The average molecular weight is 376 g/mol. The zero-order valence-corrected chi connectivity index (χ0v) is 15.1. The van der Waals surface area contributed by atoms with E-state index in [9.17, 15) is 14.0 Å². The minimum Gasteiger partial charge on any atom is -0.454 e. The highest BCUT2D eigenvalue weighted by atomic mass is 19.1. The van der Waals surface area contributed by atoms with Crippen molar-refractivity contribution in [2.24, 2.45) is 0 Å². The number of halogens is 1. The van der Waals surface area contributed by atoms with Crippen molar-refractivity contribution < 1.29 is 18.7 Å². The van der Waals surface area contributed by atoms with Crippen LogP contribution < -0.4 is 15.0 Å². The highest BCUT2D eigenvalue weighted by molar-refractivity contribution is 6.11. The third kappa shape index (κ3) is 3.09. The fraction of sp³-hybridized carbons (Fsp3) is 0.0909. The van der Waals surface area contributed by atoms with Crippen molar-refractivity contribution in [1.82, 2.24) is 0 Å². The molecule has 0 aliphatic carbocycles. The third-order valence-electron chi connectivity index (χ3n) is 4.52. The molecule has 1 N–H and O–H groups in total. The number of hydrogen-bond donors (Lipinski definition) is 1. The molecule has 2 amide bonds. The minimum atomic E-state index is -0.609. The molecule has 0 atom stereocenters. The van der Waals surface area contributed by atoms with E-state index in [-0.39, 0.29) is 11.5 Å². The number of carbonyl (C=O) groups excluding carboxylic acids is 2. The van der Waals surface area contributed by atoms with Crippen molar-refractivity contribution in [3.8, 4) is 11.5 Å². The molecule has 4 rings (SSSR count). The summed E-state index contributed by atoms with van der Waals surface area (Å²) in [6, 6.07) is 17.8. The van der Waals surface area contributed by atoms with Crippen LogP contribution in [0.25, 0.3) is 0 Å². The van der Waals surface area contributed by atoms with E-state index in [1.54, 1.807) is 35.2 Å². The van der Waals surface area contributed by atoms with Gasteiger partial charge >= 0.3 is 0 Å². The van der Waals surface area contributed by atoms with Crippen LogP contribution in [0.4, 0.5) is 15.8 Å². The first kappa shape index (κ1) is 17.7. The summed E-state index contributed by atoms with van der Waals surface area (Å²) in [4.78, 5) is 27.1. The molecule has 0 aromatic heterocycles. The fourth-order valence-corrected chi connectivity index (χ4v) is 3.16. The van der Waals surface area contributed by atoms with Crippen LogP contribution in [0.2, 0.25) is 0 Å². The van der Waals surface area contributed by atoms with Crippen LogP contribution in [0.15, 0.2) is 66.7 Å². The monoisotopic (exact) mass is 376 g/mol. The summed E-state index contributed by atoms with van der Waals surface area (Å²) in [7, 11) is 0. The molecular weight excluding hydrogens is 359 g/mol. The second-order valence-electron chi connectivity index (χ2n) is 6.26. The van der Waals surface area contributed by atoms with Crippen molar-refractivity contribution in [1.29, 1.82) is 0 Å². The number of benzene rings is 3. The Morgan fingerprint density at radius 2 is 1.79 bits per heavy atom. The molecular formula is C22H17FN2O3. The van der Waals surface area contributed by atoms with Gasteiger partial charge in [0.15, 0.2) is 5.75 Å². The first-order valence-corrected chi connectivity index (χ1v) is 8.87. The van der Waals surface area contributed by atoms with Crippen LogP contribution in [0.1, 0.15) is 27.6 Å². The summed E-state index contributed by atoms with van der Waals surface area (Å²) in [5, 5.41) is 2.64. The average Bonchev–Trinajstić information content (AvgIpc) is 2.82. The zero-order chi connectivity index (χ0) is 19.7. The van der Waals surface area contributed by atoms with E-state index in [0.717, 1.165) is 0 Å². The first-order valence-electron chi connectivity index (χ1n) is 8.87. The number of rotatable bonds is 3. The zero-order valence-electron chi connectivity index (χ0n) is 15.1. The van der Waals surface area contributed by atoms with Gasteiger partial charge in [-0.25, -0.2) is 4.39 Å². The van der Waals surface area contributed by atoms with Crippen molar-refractivity contribution in [2.75, 3.05) is 16.8 Å². The number of fused-ring (bicyclic) bond motifs is 2. The predicted molar refractivity (Wildman–Crippen MR) is 105 cm³/mol. The molecule has 0 saturated heterocycles. The molecule has 5 nitrogen and oxygen atoms in total. The van der Waals surface area contributed by atoms with Gasteiger partial charge in [0.25, 0.3) is 11.8 Å². The second kappa shape index (κ2) is 7.15. The minimum absolute atomic E-state index is 0.0670. The number of ether oxygens (including phenoxy) is 1. The van der Waals surface area contributed by atoms with Crippen molar-refractivity contribution in [3.63, 3.8) is 0 Å². The summed E-state index contributed by atoms with van der Waals surface area (Å²) >= 11 is 0. The molecule has 0 radical (unpaired) electrons. The van der Waals surface area contributed by atoms with Gasteiger partial charge in [0.1, 0.15) is 11.6 Å². The Morgan fingerprint density at radius 3 is 2.57 bits per heavy atom. The lowest BCUT2D eigenvalue weighted by molar-refractivity contribution is 0.0985. The second-order valence-corrected chi connectivity index (χ2v) is 6.26. The van der Waals surface area contributed by atoms with Gasteiger partial charge in [-0.15, -0.1) is 0 Å². The molecule has 140 valence electrons. The third-order valence-corrected chi connectivity index (χ3v) is 4.52. The van der Waals surface area contributed by atoms with Gasteiger partial charge in [0.05, 0.1) is 16.8 Å². The van der Waals surface area contributed by atoms with E-state index >= 15 is 0 Å².